The third-order valence-corrected chi connectivity index (χ3v) is 19.3. The van der Waals surface area contributed by atoms with Gasteiger partial charge in [0.25, 0.3) is 26.1 Å². The minimum atomic E-state index is -4.43. The number of benzene rings is 4. The van der Waals surface area contributed by atoms with Crippen LogP contribution in [0.2, 0.25) is 0 Å². The zero-order valence-electron chi connectivity index (χ0n) is 56.4. The highest BCUT2D eigenvalue weighted by Gasteiger charge is 2.45. The van der Waals surface area contributed by atoms with Gasteiger partial charge in [-0.15, -0.1) is 0 Å². The van der Waals surface area contributed by atoms with Crippen LogP contribution in [0.15, 0.2) is 119 Å². The smallest absolute Gasteiger partial charge is 0.294 e. The second-order valence-electron chi connectivity index (χ2n) is 26.2. The molecule has 0 radical (unpaired) electrons. The summed E-state index contributed by atoms with van der Waals surface area (Å²) in [4.78, 5) is 27.2. The molecule has 0 atom stereocenters. The zero-order chi connectivity index (χ0) is 67.8. The van der Waals surface area contributed by atoms with E-state index in [0.717, 1.165) is 120 Å². The van der Waals surface area contributed by atoms with Crippen LogP contribution in [0, 0.1) is 12.3 Å². The number of carbonyl (C=O) groups is 2. The Morgan fingerprint density at radius 2 is 1.30 bits per heavy atom. The molecule has 510 valence electrons. The predicted molar refractivity (Wildman–Crippen MR) is 369 cm³/mol. The van der Waals surface area contributed by atoms with Crippen LogP contribution in [0.5, 0.6) is 0 Å². The molecule has 1 amide bonds. The summed E-state index contributed by atoms with van der Waals surface area (Å²) in [5, 5.41) is 11.6. The monoisotopic (exact) mass is 1330 g/mol. The summed E-state index contributed by atoms with van der Waals surface area (Å²) < 4.78 is 102. The zero-order valence-corrected chi connectivity index (χ0v) is 58.0. The first-order chi connectivity index (χ1) is 44.8. The lowest BCUT2D eigenvalue weighted by atomic mass is 9.75. The van der Waals surface area contributed by atoms with Gasteiger partial charge in [-0.2, -0.15) is 26.5 Å². The van der Waals surface area contributed by atoms with Crippen molar-refractivity contribution in [1.29, 1.82) is 0 Å². The highest BCUT2D eigenvalue weighted by atomic mass is 32.2. The lowest BCUT2D eigenvalue weighted by Crippen LogP contribution is -2.28. The number of nitrogens with two attached hydrogens (primary N) is 1. The Morgan fingerprint density at radius 1 is 0.702 bits per heavy atom. The van der Waals surface area contributed by atoms with Crippen molar-refractivity contribution in [3.05, 3.63) is 154 Å². The first-order valence-electron chi connectivity index (χ1n) is 33.0. The number of Topliss-reactive ketones (excluding diaryl/α,β-unsaturated/α-hetero) is 1. The average molecular weight is 1330 g/mol. The quantitative estimate of drug-likeness (QED) is 0.0106. The van der Waals surface area contributed by atoms with E-state index in [2.05, 4.69) is 124 Å². The first kappa shape index (κ1) is 73.1. The van der Waals surface area contributed by atoms with Crippen LogP contribution in [0.1, 0.15) is 161 Å². The number of aromatic nitrogens is 2. The van der Waals surface area contributed by atoms with Gasteiger partial charge in [-0.3, -0.25) is 18.7 Å². The number of nitrogens with zero attached hydrogens (tertiary/aromatic N) is 4. The fourth-order valence-electron chi connectivity index (χ4n) is 12.6. The van der Waals surface area contributed by atoms with Gasteiger partial charge in [0.2, 0.25) is 5.69 Å². The Hall–Kier alpha value is -6.70. The van der Waals surface area contributed by atoms with E-state index in [4.69, 9.17) is 34.5 Å². The van der Waals surface area contributed by atoms with Crippen molar-refractivity contribution in [1.82, 2.24) is 15.1 Å². The maximum Gasteiger partial charge on any atom is 0.294 e. The van der Waals surface area contributed by atoms with Gasteiger partial charge in [0.15, 0.2) is 11.5 Å². The third kappa shape index (κ3) is 18.6. The summed E-state index contributed by atoms with van der Waals surface area (Å²) in [7, 11) is -8.86. The van der Waals surface area contributed by atoms with Crippen LogP contribution in [-0.2, 0) is 67.7 Å². The van der Waals surface area contributed by atoms with E-state index in [1.54, 1.807) is 30.3 Å². The Bertz CT molecular complexity index is 3830. The molecule has 3 aliphatic rings. The minimum absolute atomic E-state index is 0.106. The summed E-state index contributed by atoms with van der Waals surface area (Å²) in [6.45, 7) is 26.7. The van der Waals surface area contributed by atoms with Gasteiger partial charge in [-0.05, 0) is 148 Å². The van der Waals surface area contributed by atoms with Crippen molar-refractivity contribution in [2.24, 2.45) is 11.1 Å². The Labute approximate surface area is 556 Å². The number of ketones is 1. The number of primary amides is 1. The molecular formula is C72H98N7O13S2+. The second kappa shape index (κ2) is 32.8. The van der Waals surface area contributed by atoms with Gasteiger partial charge in [0.05, 0.1) is 96.3 Å². The number of allylic oxidation sites excluding steroid dienone is 6. The molecule has 6 N–H and O–H groups in total. The van der Waals surface area contributed by atoms with Crippen LogP contribution in [0.3, 0.4) is 0 Å². The van der Waals surface area contributed by atoms with E-state index in [1.807, 2.05) is 23.7 Å². The molecule has 94 heavy (non-hydrogen) atoms. The number of ether oxygens (including phenoxy) is 5. The SMILES string of the molecule is CCCCC[N+]1=C(/C=C/C(=C/C=C2/N(CCCC)c3ccc(S(=O)(=O)O)cc3C2(C)C)c2ccc(CNCCCOCCOCCOCCOCCOCCCNc3cc(-n4nc(C)c5c4CC(C)(C)CC5=O)ccc3C(N)=O)cc2)C(C)(C)c2cc(S(=O)(=O)O)ccc21. The number of fused-ring (bicyclic) bond motifs is 3. The summed E-state index contributed by atoms with van der Waals surface area (Å²) in [5.74, 6) is -0.431. The van der Waals surface area contributed by atoms with E-state index in [1.165, 1.54) is 12.1 Å². The van der Waals surface area contributed by atoms with Crippen molar-refractivity contribution in [3.63, 3.8) is 0 Å². The average Bonchev–Trinajstić information content (AvgIpc) is 1.60. The van der Waals surface area contributed by atoms with Crippen LogP contribution < -0.4 is 21.3 Å². The number of unbranched alkanes of at least 4 members (excludes halogenated alkanes) is 3. The van der Waals surface area contributed by atoms with Gasteiger partial charge < -0.3 is 45.0 Å². The number of carbonyl (C=O) groups excluding carboxylic acids is 2. The number of hydrogen-bond donors (Lipinski definition) is 5. The van der Waals surface area contributed by atoms with Crippen LogP contribution in [0.25, 0.3) is 11.3 Å². The van der Waals surface area contributed by atoms with Crippen LogP contribution in [0.4, 0.5) is 17.1 Å². The molecule has 0 unspecified atom stereocenters. The Morgan fingerprint density at radius 3 is 1.90 bits per heavy atom. The summed E-state index contributed by atoms with van der Waals surface area (Å²) in [5.41, 5.74) is 16.8. The highest BCUT2D eigenvalue weighted by Crippen LogP contribution is 2.49. The number of rotatable bonds is 38. The van der Waals surface area contributed by atoms with Gasteiger partial charge in [-0.1, -0.05) is 84.7 Å². The largest absolute Gasteiger partial charge is 0.384 e. The number of amides is 1. The second-order valence-corrected chi connectivity index (χ2v) is 29.1. The van der Waals surface area contributed by atoms with Crippen molar-refractivity contribution in [2.45, 2.75) is 147 Å². The molecule has 1 aromatic heterocycles. The van der Waals surface area contributed by atoms with E-state index < -0.39 is 37.0 Å². The maximum absolute atomic E-state index is 13.0. The molecule has 0 saturated carbocycles. The van der Waals surface area contributed by atoms with E-state index >= 15 is 0 Å². The molecule has 3 heterocycles. The normalized spacial score (nSPS) is 16.4. The van der Waals surface area contributed by atoms with Crippen molar-refractivity contribution < 1.29 is 63.8 Å². The first-order valence-corrected chi connectivity index (χ1v) is 35.9. The molecule has 1 aliphatic carbocycles. The highest BCUT2D eigenvalue weighted by molar-refractivity contribution is 7.86. The molecule has 8 rings (SSSR count). The molecule has 0 saturated heterocycles. The van der Waals surface area contributed by atoms with Gasteiger partial charge in [0.1, 0.15) is 6.54 Å². The van der Waals surface area contributed by atoms with E-state index in [-0.39, 0.29) is 21.0 Å². The molecule has 4 aromatic carbocycles. The van der Waals surface area contributed by atoms with Crippen molar-refractivity contribution in [2.75, 3.05) is 102 Å². The van der Waals surface area contributed by atoms with E-state index in [0.29, 0.717) is 121 Å². The minimum Gasteiger partial charge on any atom is -0.384 e. The van der Waals surface area contributed by atoms with Crippen molar-refractivity contribution >= 4 is 60.3 Å². The van der Waals surface area contributed by atoms with Crippen LogP contribution in [-0.4, -0.2) is 150 Å². The lowest BCUT2D eigenvalue weighted by Gasteiger charge is -2.29. The maximum atomic E-state index is 13.0. The standard InChI is InChI=1S/C72H97N7O13S2/c1-10-12-14-34-78-63-28-25-57(94(85,86)87)47-60(63)72(8,9)67(78)30-22-54(21-29-66-71(6,7)59-46-56(93(82,83)84)24-27-62(59)77(66)33-13-11-2)53-19-17-52(18-20-53)50-74-31-15-35-88-37-39-90-41-43-92-44-42-91-40-38-89-36-16-32-75-61-45-55(23-26-58(61)69(73)81)79-64-48-70(4,5)49-65(80)68(64)51(3)76-79/h17-30,45-47,74H,10-16,31-44,48-50H2,1-9H3,(H4-,73,75,81,82,83,84,85,86,87)/p+1. The van der Waals surface area contributed by atoms with Crippen molar-refractivity contribution in [3.8, 4) is 5.69 Å². The lowest BCUT2D eigenvalue weighted by molar-refractivity contribution is -0.438. The molecule has 0 bridgehead atoms. The topological polar surface area (TPSA) is 263 Å². The van der Waals surface area contributed by atoms with Gasteiger partial charge >= 0.3 is 0 Å². The molecular weight excluding hydrogens is 1230 g/mol. The Kier molecular flexibility index (Phi) is 25.5. The predicted octanol–water partition coefficient (Wildman–Crippen LogP) is 11.7. The molecule has 5 aromatic rings. The summed E-state index contributed by atoms with van der Waals surface area (Å²) >= 11 is 0. The van der Waals surface area contributed by atoms with E-state index in [9.17, 15) is 35.5 Å². The molecule has 0 fully saturated rings. The number of anilines is 2. The molecule has 0 spiro atoms. The summed E-state index contributed by atoms with van der Waals surface area (Å²) in [6, 6.07) is 23.5. The van der Waals surface area contributed by atoms with Gasteiger partial charge in [0, 0.05) is 85.9 Å². The summed E-state index contributed by atoms with van der Waals surface area (Å²) in [6.07, 6.45) is 16.0. The fraction of sp³-hybridized carbons (Fsp3) is 0.500. The number of nitrogens with one attached hydrogen (secondary N) is 2. The third-order valence-electron chi connectivity index (χ3n) is 17.6. The molecule has 20 nitrogen and oxygen atoms in total. The Balaban J connectivity index is 0.751. The molecule has 2 aliphatic heterocycles. The number of hydrogen-bond acceptors (Lipinski definition) is 15. The molecule has 22 heteroatoms. The fourth-order valence-corrected chi connectivity index (χ4v) is 13.7. The van der Waals surface area contributed by atoms with Crippen LogP contribution >= 0.6 is 0 Å². The number of aryl methyl sites for hydroxylation is 1. The van der Waals surface area contributed by atoms with Gasteiger partial charge in [-0.25, -0.2) is 4.68 Å².